The second-order valence-corrected chi connectivity index (χ2v) is 7.90. The SMILES string of the molecule is CC(C)CCOC(=O)C(C(=O)OCCC(C)C)=C1SC=CS1. The summed E-state index contributed by atoms with van der Waals surface area (Å²) < 4.78 is 11.1. The van der Waals surface area contributed by atoms with E-state index in [0.717, 1.165) is 12.8 Å². The van der Waals surface area contributed by atoms with Gasteiger partial charge in [-0.25, -0.2) is 9.59 Å². The second kappa shape index (κ2) is 10.0. The highest BCUT2D eigenvalue weighted by Gasteiger charge is 2.27. The van der Waals surface area contributed by atoms with Gasteiger partial charge in [-0.1, -0.05) is 51.2 Å². The van der Waals surface area contributed by atoms with Gasteiger partial charge in [-0.3, -0.25) is 0 Å². The van der Waals surface area contributed by atoms with Crippen molar-refractivity contribution < 1.29 is 19.1 Å². The van der Waals surface area contributed by atoms with Crippen molar-refractivity contribution in [2.75, 3.05) is 13.2 Å². The molecule has 0 bridgehead atoms. The van der Waals surface area contributed by atoms with E-state index in [1.807, 2.05) is 10.8 Å². The number of ether oxygens (including phenoxy) is 2. The fraction of sp³-hybridized carbons (Fsp3) is 0.625. The summed E-state index contributed by atoms with van der Waals surface area (Å²) in [5, 5.41) is 3.67. The van der Waals surface area contributed by atoms with E-state index < -0.39 is 11.9 Å². The molecule has 0 atom stereocenters. The van der Waals surface area contributed by atoms with E-state index >= 15 is 0 Å². The van der Waals surface area contributed by atoms with Crippen LogP contribution >= 0.6 is 23.5 Å². The fourth-order valence-electron chi connectivity index (χ4n) is 1.49. The number of esters is 2. The Balaban J connectivity index is 2.66. The Labute approximate surface area is 141 Å². The third-order valence-corrected chi connectivity index (χ3v) is 5.01. The molecule has 1 aliphatic rings. The molecule has 124 valence electrons. The molecule has 1 rings (SSSR count). The molecule has 0 radical (unpaired) electrons. The summed E-state index contributed by atoms with van der Waals surface area (Å²) in [6.07, 6.45) is 1.55. The van der Waals surface area contributed by atoms with Crippen LogP contribution in [0.1, 0.15) is 40.5 Å². The van der Waals surface area contributed by atoms with Gasteiger partial charge >= 0.3 is 11.9 Å². The summed E-state index contributed by atoms with van der Waals surface area (Å²) in [5.41, 5.74) is 0.0208. The molecule has 0 saturated heterocycles. The number of rotatable bonds is 8. The monoisotopic (exact) mass is 344 g/mol. The topological polar surface area (TPSA) is 52.6 Å². The lowest BCUT2D eigenvalue weighted by molar-refractivity contribution is -0.147. The van der Waals surface area contributed by atoms with Gasteiger partial charge in [-0.15, -0.1) is 0 Å². The molecule has 0 aromatic rings. The lowest BCUT2D eigenvalue weighted by atomic mass is 10.1. The van der Waals surface area contributed by atoms with Crippen molar-refractivity contribution >= 4 is 35.5 Å². The lowest BCUT2D eigenvalue weighted by Gasteiger charge is -2.12. The van der Waals surface area contributed by atoms with Gasteiger partial charge in [0.25, 0.3) is 0 Å². The van der Waals surface area contributed by atoms with Gasteiger partial charge in [0, 0.05) is 0 Å². The van der Waals surface area contributed by atoms with Crippen LogP contribution in [0.4, 0.5) is 0 Å². The highest BCUT2D eigenvalue weighted by atomic mass is 32.2. The zero-order valence-corrected chi connectivity index (χ0v) is 15.2. The van der Waals surface area contributed by atoms with Gasteiger partial charge in [0.05, 0.1) is 17.5 Å². The first-order chi connectivity index (χ1) is 10.4. The van der Waals surface area contributed by atoms with Crippen LogP contribution in [0.5, 0.6) is 0 Å². The van der Waals surface area contributed by atoms with Crippen LogP contribution in [0.25, 0.3) is 0 Å². The molecule has 0 aromatic heterocycles. The van der Waals surface area contributed by atoms with Crippen LogP contribution in [-0.4, -0.2) is 25.2 Å². The van der Waals surface area contributed by atoms with E-state index in [1.54, 1.807) is 0 Å². The minimum atomic E-state index is -0.589. The Morgan fingerprint density at radius 3 is 1.68 bits per heavy atom. The molecular formula is C16H24O4S2. The van der Waals surface area contributed by atoms with Gasteiger partial charge in [0.1, 0.15) is 0 Å². The average molecular weight is 344 g/mol. The first-order valence-electron chi connectivity index (χ1n) is 7.48. The molecule has 0 amide bonds. The summed E-state index contributed by atoms with van der Waals surface area (Å²) >= 11 is 2.69. The third kappa shape index (κ3) is 6.92. The summed E-state index contributed by atoms with van der Waals surface area (Å²) in [5.74, 6) is -0.291. The number of carbonyl (C=O) groups is 2. The van der Waals surface area contributed by atoms with Crippen molar-refractivity contribution in [3.05, 3.63) is 20.6 Å². The van der Waals surface area contributed by atoms with Crippen molar-refractivity contribution in [2.24, 2.45) is 11.8 Å². The van der Waals surface area contributed by atoms with Crippen molar-refractivity contribution in [2.45, 2.75) is 40.5 Å². The van der Waals surface area contributed by atoms with E-state index in [-0.39, 0.29) is 5.57 Å². The van der Waals surface area contributed by atoms with E-state index in [9.17, 15) is 9.59 Å². The van der Waals surface area contributed by atoms with Crippen LogP contribution < -0.4 is 0 Å². The maximum atomic E-state index is 12.2. The molecule has 0 aromatic carbocycles. The number of hydrogen-bond donors (Lipinski definition) is 0. The summed E-state index contributed by atoms with van der Waals surface area (Å²) in [6.45, 7) is 8.85. The van der Waals surface area contributed by atoms with Crippen LogP contribution in [-0.2, 0) is 19.1 Å². The van der Waals surface area contributed by atoms with Crippen LogP contribution in [0.2, 0.25) is 0 Å². The van der Waals surface area contributed by atoms with E-state index in [2.05, 4.69) is 27.7 Å². The normalized spacial score (nSPS) is 13.8. The number of hydrogen-bond acceptors (Lipinski definition) is 6. The maximum Gasteiger partial charge on any atom is 0.347 e. The lowest BCUT2D eigenvalue weighted by Crippen LogP contribution is -2.21. The van der Waals surface area contributed by atoms with E-state index in [0.29, 0.717) is 29.3 Å². The second-order valence-electron chi connectivity index (χ2n) is 5.81. The Morgan fingerprint density at radius 2 is 1.32 bits per heavy atom. The van der Waals surface area contributed by atoms with Gasteiger partial charge in [0.15, 0.2) is 5.57 Å². The molecule has 0 unspecified atom stereocenters. The molecule has 6 heteroatoms. The standard InChI is InChI=1S/C16H24O4S2/c1-11(2)5-7-19-14(17)13(16-21-9-10-22-16)15(18)20-8-6-12(3)4/h9-12H,5-8H2,1-4H3. The molecule has 0 spiro atoms. The maximum absolute atomic E-state index is 12.2. The van der Waals surface area contributed by atoms with Gasteiger partial charge in [-0.05, 0) is 35.5 Å². The van der Waals surface area contributed by atoms with Gasteiger partial charge in [0.2, 0.25) is 0 Å². The van der Waals surface area contributed by atoms with E-state index in [1.165, 1.54) is 23.5 Å². The molecule has 0 N–H and O–H groups in total. The van der Waals surface area contributed by atoms with Crippen molar-refractivity contribution in [3.8, 4) is 0 Å². The van der Waals surface area contributed by atoms with Crippen LogP contribution in [0.3, 0.4) is 0 Å². The van der Waals surface area contributed by atoms with E-state index in [4.69, 9.17) is 9.47 Å². The number of carbonyl (C=O) groups excluding carboxylic acids is 2. The summed E-state index contributed by atoms with van der Waals surface area (Å²) in [7, 11) is 0. The first-order valence-corrected chi connectivity index (χ1v) is 9.24. The smallest absolute Gasteiger partial charge is 0.347 e. The van der Waals surface area contributed by atoms with Gasteiger partial charge < -0.3 is 9.47 Å². The predicted molar refractivity (Wildman–Crippen MR) is 92.2 cm³/mol. The highest BCUT2D eigenvalue weighted by molar-refractivity contribution is 8.27. The van der Waals surface area contributed by atoms with Crippen molar-refractivity contribution in [1.82, 2.24) is 0 Å². The minimum absolute atomic E-state index is 0.0208. The molecule has 1 heterocycles. The first kappa shape index (κ1) is 19.2. The fourth-order valence-corrected chi connectivity index (χ4v) is 3.31. The Hall–Kier alpha value is -0.880. The summed E-state index contributed by atoms with van der Waals surface area (Å²) in [4.78, 5) is 24.4. The zero-order chi connectivity index (χ0) is 16.5. The van der Waals surface area contributed by atoms with Crippen LogP contribution in [0.15, 0.2) is 20.6 Å². The molecule has 4 nitrogen and oxygen atoms in total. The quantitative estimate of drug-likeness (QED) is 0.283. The average Bonchev–Trinajstić information content (AvgIpc) is 2.91. The molecule has 0 fully saturated rings. The third-order valence-electron chi connectivity index (χ3n) is 2.87. The minimum Gasteiger partial charge on any atom is -0.462 e. The molecule has 0 saturated carbocycles. The Kier molecular flexibility index (Phi) is 8.71. The molecule has 1 aliphatic heterocycles. The number of thioether (sulfide) groups is 2. The predicted octanol–water partition coefficient (Wildman–Crippen LogP) is 4.33. The Morgan fingerprint density at radius 1 is 0.909 bits per heavy atom. The van der Waals surface area contributed by atoms with Gasteiger partial charge in [-0.2, -0.15) is 0 Å². The zero-order valence-electron chi connectivity index (χ0n) is 13.6. The van der Waals surface area contributed by atoms with Crippen LogP contribution in [0, 0.1) is 11.8 Å². The van der Waals surface area contributed by atoms with Crippen molar-refractivity contribution in [1.29, 1.82) is 0 Å². The molecule has 0 aliphatic carbocycles. The highest BCUT2D eigenvalue weighted by Crippen LogP contribution is 2.40. The Bertz CT molecular complexity index is 415. The van der Waals surface area contributed by atoms with Crippen molar-refractivity contribution in [3.63, 3.8) is 0 Å². The summed E-state index contributed by atoms with van der Waals surface area (Å²) in [6, 6.07) is 0. The largest absolute Gasteiger partial charge is 0.462 e. The molecule has 22 heavy (non-hydrogen) atoms. The molecular weight excluding hydrogens is 320 g/mol.